The van der Waals surface area contributed by atoms with Gasteiger partial charge in [-0.05, 0) is 25.1 Å². The molecule has 0 atom stereocenters. The van der Waals surface area contributed by atoms with E-state index in [2.05, 4.69) is 10.1 Å². The van der Waals surface area contributed by atoms with Crippen molar-refractivity contribution in [1.82, 2.24) is 14.8 Å². The average molecular weight is 267 g/mol. The molecule has 100 valence electrons. The van der Waals surface area contributed by atoms with E-state index in [1.54, 1.807) is 29.9 Å². The summed E-state index contributed by atoms with van der Waals surface area (Å²) in [5.74, 6) is 0.302. The summed E-state index contributed by atoms with van der Waals surface area (Å²) < 4.78 is 6.67. The quantitative estimate of drug-likeness (QED) is 0.684. The molecule has 0 unspecified atom stereocenters. The summed E-state index contributed by atoms with van der Waals surface area (Å²) in [4.78, 5) is 15.8. The van der Waals surface area contributed by atoms with Gasteiger partial charge in [0.15, 0.2) is 5.82 Å². The number of para-hydroxylation sites is 1. The van der Waals surface area contributed by atoms with Gasteiger partial charge in [0.1, 0.15) is 0 Å². The number of benzene rings is 1. The molecule has 0 radical (unpaired) electrons. The fraction of sp³-hybridized carbons (Fsp3) is 0.133. The largest absolute Gasteiger partial charge is 0.462 e. The Morgan fingerprint density at radius 1 is 1.20 bits per heavy atom. The van der Waals surface area contributed by atoms with Crippen molar-refractivity contribution in [3.8, 4) is 5.82 Å². The first-order valence-corrected chi connectivity index (χ1v) is 6.36. The van der Waals surface area contributed by atoms with Crippen molar-refractivity contribution in [1.29, 1.82) is 0 Å². The molecule has 2 heterocycles. The van der Waals surface area contributed by atoms with Gasteiger partial charge in [-0.3, -0.25) is 0 Å². The highest BCUT2D eigenvalue weighted by molar-refractivity contribution is 5.89. The summed E-state index contributed by atoms with van der Waals surface area (Å²) in [6, 6.07) is 11.3. The van der Waals surface area contributed by atoms with Crippen molar-refractivity contribution >= 4 is 16.9 Å². The second-order valence-electron chi connectivity index (χ2n) is 4.24. The molecule has 3 aromatic rings. The Labute approximate surface area is 115 Å². The SMILES string of the molecule is CCOC(=O)c1ccc(-n2ncc3ccccc32)nc1. The van der Waals surface area contributed by atoms with Gasteiger partial charge in [0.25, 0.3) is 0 Å². The first-order chi connectivity index (χ1) is 9.79. The topological polar surface area (TPSA) is 57.0 Å². The number of rotatable bonds is 3. The number of carbonyl (C=O) groups excluding carboxylic acids is 1. The highest BCUT2D eigenvalue weighted by Gasteiger charge is 2.09. The summed E-state index contributed by atoms with van der Waals surface area (Å²) in [7, 11) is 0. The van der Waals surface area contributed by atoms with Crippen LogP contribution in [0.25, 0.3) is 16.7 Å². The third-order valence-electron chi connectivity index (χ3n) is 2.95. The Balaban J connectivity index is 1.97. The Hall–Kier alpha value is -2.69. The maximum Gasteiger partial charge on any atom is 0.339 e. The van der Waals surface area contributed by atoms with Gasteiger partial charge in [-0.25, -0.2) is 14.5 Å². The third-order valence-corrected chi connectivity index (χ3v) is 2.95. The maximum atomic E-state index is 11.6. The minimum Gasteiger partial charge on any atom is -0.462 e. The molecule has 1 aromatic carbocycles. The first-order valence-electron chi connectivity index (χ1n) is 6.36. The van der Waals surface area contributed by atoms with Gasteiger partial charge in [-0.15, -0.1) is 0 Å². The van der Waals surface area contributed by atoms with E-state index in [1.165, 1.54) is 6.20 Å². The average Bonchev–Trinajstić information content (AvgIpc) is 2.92. The van der Waals surface area contributed by atoms with Crippen LogP contribution >= 0.6 is 0 Å². The molecule has 5 heteroatoms. The predicted molar refractivity (Wildman–Crippen MR) is 74.8 cm³/mol. The Morgan fingerprint density at radius 2 is 2.05 bits per heavy atom. The molecule has 0 aliphatic rings. The van der Waals surface area contributed by atoms with Crippen molar-refractivity contribution in [2.24, 2.45) is 0 Å². The van der Waals surface area contributed by atoms with Gasteiger partial charge in [-0.2, -0.15) is 5.10 Å². The molecule has 2 aromatic heterocycles. The van der Waals surface area contributed by atoms with E-state index < -0.39 is 0 Å². The molecule has 0 aliphatic carbocycles. The van der Waals surface area contributed by atoms with E-state index in [4.69, 9.17) is 4.74 Å². The third kappa shape index (κ3) is 2.14. The zero-order chi connectivity index (χ0) is 13.9. The molecule has 3 rings (SSSR count). The van der Waals surface area contributed by atoms with E-state index in [1.807, 2.05) is 24.3 Å². The number of aromatic nitrogens is 3. The molecular formula is C15H13N3O2. The Kier molecular flexibility index (Phi) is 3.16. The van der Waals surface area contributed by atoms with Crippen molar-refractivity contribution in [3.05, 3.63) is 54.4 Å². The monoisotopic (exact) mass is 267 g/mol. The van der Waals surface area contributed by atoms with Crippen LogP contribution in [0, 0.1) is 0 Å². The zero-order valence-corrected chi connectivity index (χ0v) is 11.0. The first kappa shape index (κ1) is 12.3. The lowest BCUT2D eigenvalue weighted by atomic mass is 10.2. The molecule has 0 saturated carbocycles. The number of hydrogen-bond donors (Lipinski definition) is 0. The summed E-state index contributed by atoms with van der Waals surface area (Å²) >= 11 is 0. The van der Waals surface area contributed by atoms with Gasteiger partial charge in [0, 0.05) is 11.6 Å². The summed E-state index contributed by atoms with van der Waals surface area (Å²) in [5.41, 5.74) is 1.41. The Bertz CT molecular complexity index is 747. The molecule has 0 saturated heterocycles. The van der Waals surface area contributed by atoms with Gasteiger partial charge in [0.2, 0.25) is 0 Å². The van der Waals surface area contributed by atoms with E-state index in [0.717, 1.165) is 10.9 Å². The standard InChI is InChI=1S/C15H13N3O2/c1-2-20-15(19)12-7-8-14(16-9-12)18-13-6-4-3-5-11(13)10-17-18/h3-10H,2H2,1H3. The summed E-state index contributed by atoms with van der Waals surface area (Å²) in [5, 5.41) is 5.36. The lowest BCUT2D eigenvalue weighted by Gasteiger charge is -2.04. The molecule has 0 amide bonds. The van der Waals surface area contributed by atoms with Crippen LogP contribution in [-0.4, -0.2) is 27.3 Å². The normalized spacial score (nSPS) is 10.7. The number of fused-ring (bicyclic) bond motifs is 1. The van der Waals surface area contributed by atoms with Gasteiger partial charge in [0.05, 0.1) is 23.9 Å². The fourth-order valence-electron chi connectivity index (χ4n) is 2.00. The van der Waals surface area contributed by atoms with Crippen LogP contribution in [0.5, 0.6) is 0 Å². The lowest BCUT2D eigenvalue weighted by molar-refractivity contribution is 0.0526. The van der Waals surface area contributed by atoms with Crippen molar-refractivity contribution in [2.45, 2.75) is 6.92 Å². The van der Waals surface area contributed by atoms with Crippen LogP contribution in [0.2, 0.25) is 0 Å². The van der Waals surface area contributed by atoms with Crippen LogP contribution < -0.4 is 0 Å². The number of carbonyl (C=O) groups is 1. The van der Waals surface area contributed by atoms with Crippen LogP contribution in [0.4, 0.5) is 0 Å². The summed E-state index contributed by atoms with van der Waals surface area (Å²) in [6.07, 6.45) is 3.29. The Morgan fingerprint density at radius 3 is 2.80 bits per heavy atom. The van der Waals surface area contributed by atoms with Crippen molar-refractivity contribution < 1.29 is 9.53 Å². The van der Waals surface area contributed by atoms with Gasteiger partial charge < -0.3 is 4.74 Å². The van der Waals surface area contributed by atoms with E-state index >= 15 is 0 Å². The van der Waals surface area contributed by atoms with Crippen molar-refractivity contribution in [3.63, 3.8) is 0 Å². The number of ether oxygens (including phenoxy) is 1. The van der Waals surface area contributed by atoms with Crippen molar-refractivity contribution in [2.75, 3.05) is 6.61 Å². The maximum absolute atomic E-state index is 11.6. The van der Waals surface area contributed by atoms with E-state index in [0.29, 0.717) is 18.0 Å². The second-order valence-corrected chi connectivity index (χ2v) is 4.24. The van der Waals surface area contributed by atoms with Crippen LogP contribution in [0.3, 0.4) is 0 Å². The van der Waals surface area contributed by atoms with Crippen LogP contribution in [-0.2, 0) is 4.74 Å². The van der Waals surface area contributed by atoms with Crippen LogP contribution in [0.1, 0.15) is 17.3 Å². The highest BCUT2D eigenvalue weighted by atomic mass is 16.5. The van der Waals surface area contributed by atoms with Gasteiger partial charge in [-0.1, -0.05) is 18.2 Å². The molecule has 0 aliphatic heterocycles. The zero-order valence-electron chi connectivity index (χ0n) is 11.0. The van der Waals surface area contributed by atoms with Crippen LogP contribution in [0.15, 0.2) is 48.8 Å². The smallest absolute Gasteiger partial charge is 0.339 e. The molecule has 0 spiro atoms. The molecule has 0 fully saturated rings. The number of nitrogens with zero attached hydrogens (tertiary/aromatic N) is 3. The molecule has 0 N–H and O–H groups in total. The van der Waals surface area contributed by atoms with Gasteiger partial charge >= 0.3 is 5.97 Å². The fourth-order valence-corrected chi connectivity index (χ4v) is 2.00. The molecular weight excluding hydrogens is 254 g/mol. The lowest BCUT2D eigenvalue weighted by Crippen LogP contribution is -2.06. The highest BCUT2D eigenvalue weighted by Crippen LogP contribution is 2.16. The summed E-state index contributed by atoms with van der Waals surface area (Å²) in [6.45, 7) is 2.12. The predicted octanol–water partition coefficient (Wildman–Crippen LogP) is 2.60. The molecule has 0 bridgehead atoms. The number of hydrogen-bond acceptors (Lipinski definition) is 4. The number of esters is 1. The molecule has 5 nitrogen and oxygen atoms in total. The minimum absolute atomic E-state index is 0.352. The number of pyridine rings is 1. The van der Waals surface area contributed by atoms with E-state index in [-0.39, 0.29) is 5.97 Å². The molecule has 20 heavy (non-hydrogen) atoms. The minimum atomic E-state index is -0.364. The second kappa shape index (κ2) is 5.13. The van der Waals surface area contributed by atoms with E-state index in [9.17, 15) is 4.79 Å².